The topological polar surface area (TPSA) is 72.6 Å². The van der Waals surface area contributed by atoms with E-state index in [1.165, 1.54) is 18.7 Å². The van der Waals surface area contributed by atoms with Gasteiger partial charge in [-0.15, -0.1) is 11.8 Å². The van der Waals surface area contributed by atoms with E-state index in [4.69, 9.17) is 14.3 Å². The minimum absolute atomic E-state index is 0.00513. The van der Waals surface area contributed by atoms with E-state index in [-0.39, 0.29) is 24.5 Å². The van der Waals surface area contributed by atoms with Crippen LogP contribution in [0, 0.1) is 37.1 Å². The smallest absolute Gasteiger partial charge is 0.313 e. The number of halogens is 4. The molecule has 1 heterocycles. The van der Waals surface area contributed by atoms with Crippen LogP contribution in [0.3, 0.4) is 0 Å². The lowest BCUT2D eigenvalue weighted by Gasteiger charge is -2.07. The van der Waals surface area contributed by atoms with Crippen molar-refractivity contribution >= 4 is 17.7 Å². The van der Waals surface area contributed by atoms with Gasteiger partial charge in [-0.2, -0.15) is 0 Å². The highest BCUT2D eigenvalue weighted by molar-refractivity contribution is 7.99. The Bertz CT molecular complexity index is 1120. The molecule has 0 aliphatic carbocycles. The fraction of sp³-hybridized carbons (Fsp3) is 0.273. The second kappa shape index (κ2) is 10.1. The standard InChI is InChI=1S/C22H19F4NO4S/c1-11-18(23)20(25)17(21(26)19(11)24)22-27-15(12(2)31-22)6-7-30-14-5-3-4-13(8-14)9-32-10-16(28)29/h3-5,8H,6-7,9-10H2,1-2H3,(H,28,29). The SMILES string of the molecule is Cc1oc(-c2c(F)c(F)c(C)c(F)c2F)nc1CCOc1cccc(CSCC(=O)O)c1. The van der Waals surface area contributed by atoms with E-state index in [9.17, 15) is 22.4 Å². The van der Waals surface area contributed by atoms with E-state index in [1.54, 1.807) is 18.2 Å². The average molecular weight is 469 g/mol. The summed E-state index contributed by atoms with van der Waals surface area (Å²) < 4.78 is 67.1. The maximum absolute atomic E-state index is 14.2. The van der Waals surface area contributed by atoms with Crippen LogP contribution >= 0.6 is 11.8 Å². The molecule has 0 spiro atoms. The second-order valence-electron chi connectivity index (χ2n) is 6.91. The largest absolute Gasteiger partial charge is 0.493 e. The molecule has 170 valence electrons. The number of hydrogen-bond acceptors (Lipinski definition) is 5. The fourth-order valence-corrected chi connectivity index (χ4v) is 3.63. The van der Waals surface area contributed by atoms with Gasteiger partial charge in [-0.1, -0.05) is 12.1 Å². The van der Waals surface area contributed by atoms with Crippen LogP contribution in [0.15, 0.2) is 28.7 Å². The first-order valence-corrected chi connectivity index (χ1v) is 10.6. The summed E-state index contributed by atoms with van der Waals surface area (Å²) in [5.41, 5.74) is -0.534. The molecule has 0 radical (unpaired) electrons. The Morgan fingerprint density at radius 1 is 1.12 bits per heavy atom. The zero-order chi connectivity index (χ0) is 23.4. The number of carboxylic acids is 1. The number of ether oxygens (including phenoxy) is 1. The Morgan fingerprint density at radius 2 is 1.81 bits per heavy atom. The molecule has 0 unspecified atom stereocenters. The van der Waals surface area contributed by atoms with Crippen LogP contribution in [-0.4, -0.2) is 28.4 Å². The number of aryl methyl sites for hydroxylation is 1. The lowest BCUT2D eigenvalue weighted by Crippen LogP contribution is -2.04. The van der Waals surface area contributed by atoms with Crippen molar-refractivity contribution < 1.29 is 36.6 Å². The first kappa shape index (κ1) is 23.6. The molecule has 2 aromatic carbocycles. The van der Waals surface area contributed by atoms with E-state index in [2.05, 4.69) is 4.98 Å². The quantitative estimate of drug-likeness (QED) is 0.332. The highest BCUT2D eigenvalue weighted by atomic mass is 32.2. The maximum Gasteiger partial charge on any atom is 0.313 e. The van der Waals surface area contributed by atoms with Gasteiger partial charge in [0.1, 0.15) is 17.1 Å². The average Bonchev–Trinajstić information content (AvgIpc) is 3.11. The molecule has 10 heteroatoms. The van der Waals surface area contributed by atoms with Gasteiger partial charge in [0, 0.05) is 17.7 Å². The minimum Gasteiger partial charge on any atom is -0.493 e. The molecule has 0 amide bonds. The van der Waals surface area contributed by atoms with Crippen LogP contribution in [0.2, 0.25) is 0 Å². The van der Waals surface area contributed by atoms with E-state index in [0.717, 1.165) is 12.5 Å². The molecule has 3 aromatic rings. The van der Waals surface area contributed by atoms with Crippen LogP contribution in [0.25, 0.3) is 11.5 Å². The summed E-state index contributed by atoms with van der Waals surface area (Å²) in [7, 11) is 0. The number of benzene rings is 2. The van der Waals surface area contributed by atoms with Gasteiger partial charge in [0.05, 0.1) is 18.1 Å². The van der Waals surface area contributed by atoms with Gasteiger partial charge in [-0.05, 0) is 31.5 Å². The molecule has 32 heavy (non-hydrogen) atoms. The van der Waals surface area contributed by atoms with Crippen molar-refractivity contribution in [2.24, 2.45) is 0 Å². The molecule has 1 aromatic heterocycles. The van der Waals surface area contributed by atoms with Crippen LogP contribution in [0.1, 0.15) is 22.6 Å². The summed E-state index contributed by atoms with van der Waals surface area (Å²) in [5, 5.41) is 8.70. The summed E-state index contributed by atoms with van der Waals surface area (Å²) in [5.74, 6) is -6.27. The minimum atomic E-state index is -1.57. The maximum atomic E-state index is 14.2. The fourth-order valence-electron chi connectivity index (χ4n) is 2.94. The van der Waals surface area contributed by atoms with Gasteiger partial charge in [0.15, 0.2) is 23.3 Å². The number of carboxylic acid groups (broad SMARTS) is 1. The van der Waals surface area contributed by atoms with E-state index in [1.807, 2.05) is 6.07 Å². The molecule has 0 fully saturated rings. The number of carbonyl (C=O) groups is 1. The van der Waals surface area contributed by atoms with Crippen LogP contribution in [-0.2, 0) is 17.0 Å². The Balaban J connectivity index is 1.68. The first-order valence-electron chi connectivity index (χ1n) is 9.49. The van der Waals surface area contributed by atoms with Gasteiger partial charge in [0.2, 0.25) is 5.89 Å². The van der Waals surface area contributed by atoms with E-state index in [0.29, 0.717) is 17.2 Å². The predicted octanol–water partition coefficient (Wildman–Crippen LogP) is 5.45. The van der Waals surface area contributed by atoms with Gasteiger partial charge >= 0.3 is 5.97 Å². The number of rotatable bonds is 9. The molecule has 0 aliphatic rings. The number of thioether (sulfide) groups is 1. The third kappa shape index (κ3) is 5.24. The second-order valence-corrected chi connectivity index (χ2v) is 7.90. The summed E-state index contributed by atoms with van der Waals surface area (Å²) in [4.78, 5) is 14.6. The highest BCUT2D eigenvalue weighted by Crippen LogP contribution is 2.32. The van der Waals surface area contributed by atoms with Crippen molar-refractivity contribution in [1.29, 1.82) is 0 Å². The van der Waals surface area contributed by atoms with Crippen molar-refractivity contribution in [3.63, 3.8) is 0 Å². The molecular weight excluding hydrogens is 450 g/mol. The van der Waals surface area contributed by atoms with Crippen LogP contribution < -0.4 is 4.74 Å². The van der Waals surface area contributed by atoms with Crippen molar-refractivity contribution in [3.05, 3.63) is 70.1 Å². The lowest BCUT2D eigenvalue weighted by molar-refractivity contribution is -0.133. The summed E-state index contributed by atoms with van der Waals surface area (Å²) in [6, 6.07) is 7.13. The summed E-state index contributed by atoms with van der Waals surface area (Å²) in [6.45, 7) is 2.60. The predicted molar refractivity (Wildman–Crippen MR) is 111 cm³/mol. The Labute approximate surface area is 185 Å². The third-order valence-electron chi connectivity index (χ3n) is 4.59. The van der Waals surface area contributed by atoms with Crippen LogP contribution in [0.4, 0.5) is 17.6 Å². The number of hydrogen-bond donors (Lipinski definition) is 1. The van der Waals surface area contributed by atoms with Gasteiger partial charge in [0.25, 0.3) is 0 Å². The van der Waals surface area contributed by atoms with Crippen molar-refractivity contribution in [1.82, 2.24) is 4.98 Å². The van der Waals surface area contributed by atoms with Gasteiger partial charge < -0.3 is 14.3 Å². The Kier molecular flexibility index (Phi) is 7.44. The number of oxazole rings is 1. The summed E-state index contributed by atoms with van der Waals surface area (Å²) in [6.07, 6.45) is 0.216. The number of aromatic nitrogens is 1. The van der Waals surface area contributed by atoms with Crippen molar-refractivity contribution in [2.75, 3.05) is 12.4 Å². The molecular formula is C22H19F4NO4S. The highest BCUT2D eigenvalue weighted by Gasteiger charge is 2.27. The molecule has 0 saturated heterocycles. The Morgan fingerprint density at radius 3 is 2.47 bits per heavy atom. The Hall–Kier alpha value is -3.01. The molecule has 5 nitrogen and oxygen atoms in total. The molecule has 0 aliphatic heterocycles. The number of aliphatic carboxylic acids is 1. The molecule has 3 rings (SSSR count). The van der Waals surface area contributed by atoms with Crippen LogP contribution in [0.5, 0.6) is 5.75 Å². The molecule has 0 atom stereocenters. The molecule has 1 N–H and O–H groups in total. The van der Waals surface area contributed by atoms with Gasteiger partial charge in [-0.25, -0.2) is 22.5 Å². The van der Waals surface area contributed by atoms with Crippen molar-refractivity contribution in [3.8, 4) is 17.2 Å². The zero-order valence-corrected chi connectivity index (χ0v) is 18.0. The van der Waals surface area contributed by atoms with Crippen molar-refractivity contribution in [2.45, 2.75) is 26.0 Å². The van der Waals surface area contributed by atoms with E-state index < -0.39 is 46.3 Å². The normalized spacial score (nSPS) is 11.1. The number of nitrogens with zero attached hydrogens (tertiary/aromatic N) is 1. The third-order valence-corrected chi connectivity index (χ3v) is 5.58. The zero-order valence-electron chi connectivity index (χ0n) is 17.2. The summed E-state index contributed by atoms with van der Waals surface area (Å²) >= 11 is 1.26. The monoisotopic (exact) mass is 469 g/mol. The van der Waals surface area contributed by atoms with Gasteiger partial charge in [-0.3, -0.25) is 4.79 Å². The van der Waals surface area contributed by atoms with E-state index >= 15 is 0 Å². The first-order chi connectivity index (χ1) is 15.2. The lowest BCUT2D eigenvalue weighted by atomic mass is 10.1. The molecule has 0 bridgehead atoms. The molecule has 0 saturated carbocycles.